The van der Waals surface area contributed by atoms with Gasteiger partial charge in [-0.2, -0.15) is 0 Å². The summed E-state index contributed by atoms with van der Waals surface area (Å²) in [6.45, 7) is 1.84. The van der Waals surface area contributed by atoms with Crippen LogP contribution in [0.1, 0.15) is 30.5 Å². The maximum Gasteiger partial charge on any atom is 0.241 e. The molecule has 0 amide bonds. The van der Waals surface area contributed by atoms with Crippen molar-refractivity contribution < 1.29 is 13.5 Å². The fourth-order valence-electron chi connectivity index (χ4n) is 2.10. The molecular formula is C16H19NO3S. The van der Waals surface area contributed by atoms with E-state index in [1.807, 2.05) is 37.3 Å². The number of benzene rings is 2. The number of rotatable bonds is 6. The normalized spacial score (nSPS) is 13.0. The van der Waals surface area contributed by atoms with Crippen LogP contribution in [-0.2, 0) is 16.6 Å². The first kappa shape index (κ1) is 15.7. The number of aliphatic hydroxyl groups is 1. The maximum absolute atomic E-state index is 12.4. The highest BCUT2D eigenvalue weighted by atomic mass is 32.2. The third-order valence-electron chi connectivity index (χ3n) is 3.32. The van der Waals surface area contributed by atoms with E-state index in [4.69, 9.17) is 5.11 Å². The van der Waals surface area contributed by atoms with Crippen molar-refractivity contribution in [1.82, 2.24) is 4.72 Å². The van der Waals surface area contributed by atoms with Crippen LogP contribution in [0.15, 0.2) is 59.5 Å². The summed E-state index contributed by atoms with van der Waals surface area (Å²) >= 11 is 0. The molecule has 2 aromatic rings. The molecule has 0 fully saturated rings. The Balaban J connectivity index is 2.22. The van der Waals surface area contributed by atoms with Gasteiger partial charge in [0.15, 0.2) is 0 Å². The summed E-state index contributed by atoms with van der Waals surface area (Å²) in [5.74, 6) is 0. The molecule has 0 spiro atoms. The number of nitrogens with one attached hydrogen (secondary N) is 1. The SMILES string of the molecule is CCC(NS(=O)(=O)c1ccc(CO)cc1)c1ccccc1. The van der Waals surface area contributed by atoms with Gasteiger partial charge < -0.3 is 5.11 Å². The Labute approximate surface area is 125 Å². The average Bonchev–Trinajstić information content (AvgIpc) is 2.53. The molecule has 0 aliphatic carbocycles. The molecule has 112 valence electrons. The zero-order valence-electron chi connectivity index (χ0n) is 11.9. The first-order chi connectivity index (χ1) is 10.1. The van der Waals surface area contributed by atoms with Gasteiger partial charge in [0.2, 0.25) is 10.0 Å². The molecule has 2 rings (SSSR count). The lowest BCUT2D eigenvalue weighted by molar-refractivity contribution is 0.282. The maximum atomic E-state index is 12.4. The first-order valence-electron chi connectivity index (χ1n) is 6.84. The van der Waals surface area contributed by atoms with Crippen molar-refractivity contribution in [2.24, 2.45) is 0 Å². The van der Waals surface area contributed by atoms with E-state index >= 15 is 0 Å². The fraction of sp³-hybridized carbons (Fsp3) is 0.250. The number of sulfonamides is 1. The summed E-state index contributed by atoms with van der Waals surface area (Å²) in [4.78, 5) is 0.203. The summed E-state index contributed by atoms with van der Waals surface area (Å²) in [5.41, 5.74) is 1.62. The van der Waals surface area contributed by atoms with Crippen LogP contribution in [0.5, 0.6) is 0 Å². The summed E-state index contributed by atoms with van der Waals surface area (Å²) in [6.07, 6.45) is 0.665. The van der Waals surface area contributed by atoms with Gasteiger partial charge in [0.05, 0.1) is 11.5 Å². The molecular weight excluding hydrogens is 286 g/mol. The second kappa shape index (κ2) is 6.85. The predicted molar refractivity (Wildman–Crippen MR) is 82.2 cm³/mol. The third-order valence-corrected chi connectivity index (χ3v) is 4.81. The van der Waals surface area contributed by atoms with Crippen molar-refractivity contribution in [3.05, 3.63) is 65.7 Å². The Kier molecular flexibility index (Phi) is 5.12. The Hall–Kier alpha value is -1.69. The van der Waals surface area contributed by atoms with E-state index in [2.05, 4.69) is 4.72 Å². The lowest BCUT2D eigenvalue weighted by atomic mass is 10.1. The van der Waals surface area contributed by atoms with E-state index in [1.165, 1.54) is 12.1 Å². The summed E-state index contributed by atoms with van der Waals surface area (Å²) < 4.78 is 27.5. The smallest absolute Gasteiger partial charge is 0.241 e. The van der Waals surface area contributed by atoms with Crippen molar-refractivity contribution in [1.29, 1.82) is 0 Å². The minimum atomic E-state index is -3.58. The van der Waals surface area contributed by atoms with Crippen molar-refractivity contribution in [3.63, 3.8) is 0 Å². The molecule has 1 atom stereocenters. The molecule has 4 nitrogen and oxygen atoms in total. The Morgan fingerprint density at radius 2 is 1.67 bits per heavy atom. The zero-order valence-corrected chi connectivity index (χ0v) is 12.7. The monoisotopic (exact) mass is 305 g/mol. The van der Waals surface area contributed by atoms with Crippen LogP contribution in [0.2, 0.25) is 0 Å². The molecule has 0 aliphatic rings. The van der Waals surface area contributed by atoms with Crippen LogP contribution < -0.4 is 4.72 Å². The average molecular weight is 305 g/mol. The molecule has 2 aromatic carbocycles. The van der Waals surface area contributed by atoms with Crippen LogP contribution in [-0.4, -0.2) is 13.5 Å². The van der Waals surface area contributed by atoms with Crippen molar-refractivity contribution >= 4 is 10.0 Å². The Morgan fingerprint density at radius 1 is 1.05 bits per heavy atom. The molecule has 0 heterocycles. The highest BCUT2D eigenvalue weighted by molar-refractivity contribution is 7.89. The topological polar surface area (TPSA) is 66.4 Å². The molecule has 0 saturated carbocycles. The summed E-state index contributed by atoms with van der Waals surface area (Å²) in [5, 5.41) is 9.00. The number of hydrogen-bond donors (Lipinski definition) is 2. The summed E-state index contributed by atoms with van der Waals surface area (Å²) in [7, 11) is -3.58. The molecule has 0 radical (unpaired) electrons. The van der Waals surface area contributed by atoms with Gasteiger partial charge in [-0.15, -0.1) is 0 Å². The molecule has 5 heteroatoms. The van der Waals surface area contributed by atoms with E-state index in [0.717, 1.165) is 5.56 Å². The van der Waals surface area contributed by atoms with Gasteiger partial charge in [0, 0.05) is 6.04 Å². The molecule has 0 aromatic heterocycles. The van der Waals surface area contributed by atoms with E-state index in [9.17, 15) is 8.42 Å². The van der Waals surface area contributed by atoms with Gasteiger partial charge >= 0.3 is 0 Å². The first-order valence-corrected chi connectivity index (χ1v) is 8.32. The molecule has 0 bridgehead atoms. The lowest BCUT2D eigenvalue weighted by Gasteiger charge is -2.17. The minimum Gasteiger partial charge on any atom is -0.392 e. The van der Waals surface area contributed by atoms with Crippen LogP contribution >= 0.6 is 0 Å². The second-order valence-electron chi connectivity index (χ2n) is 4.79. The molecule has 2 N–H and O–H groups in total. The molecule has 21 heavy (non-hydrogen) atoms. The quantitative estimate of drug-likeness (QED) is 0.862. The standard InChI is InChI=1S/C16H19NO3S/c1-2-16(14-6-4-3-5-7-14)17-21(19,20)15-10-8-13(12-18)9-11-15/h3-11,16-18H,2,12H2,1H3. The van der Waals surface area contributed by atoms with Gasteiger partial charge in [-0.05, 0) is 29.7 Å². The van der Waals surface area contributed by atoms with Crippen molar-refractivity contribution in [2.45, 2.75) is 30.9 Å². The van der Waals surface area contributed by atoms with E-state index in [1.54, 1.807) is 12.1 Å². The van der Waals surface area contributed by atoms with Crippen LogP contribution in [0.25, 0.3) is 0 Å². The molecule has 1 unspecified atom stereocenters. The highest BCUT2D eigenvalue weighted by Gasteiger charge is 2.19. The zero-order chi connectivity index (χ0) is 15.3. The van der Waals surface area contributed by atoms with Crippen LogP contribution in [0, 0.1) is 0 Å². The Morgan fingerprint density at radius 3 is 2.19 bits per heavy atom. The fourth-order valence-corrected chi connectivity index (χ4v) is 3.41. The molecule has 0 aliphatic heterocycles. The van der Waals surface area contributed by atoms with Gasteiger partial charge in [-0.3, -0.25) is 0 Å². The van der Waals surface area contributed by atoms with Crippen molar-refractivity contribution in [3.8, 4) is 0 Å². The van der Waals surface area contributed by atoms with Crippen molar-refractivity contribution in [2.75, 3.05) is 0 Å². The number of aliphatic hydroxyl groups excluding tert-OH is 1. The Bertz CT molecular complexity index is 666. The largest absolute Gasteiger partial charge is 0.392 e. The van der Waals surface area contributed by atoms with E-state index in [-0.39, 0.29) is 17.5 Å². The van der Waals surface area contributed by atoms with E-state index in [0.29, 0.717) is 12.0 Å². The lowest BCUT2D eigenvalue weighted by Crippen LogP contribution is -2.28. The third kappa shape index (κ3) is 3.91. The van der Waals surface area contributed by atoms with Gasteiger partial charge in [-0.25, -0.2) is 13.1 Å². The predicted octanol–water partition coefficient (Wildman–Crippen LogP) is 2.61. The van der Waals surface area contributed by atoms with Gasteiger partial charge in [0.25, 0.3) is 0 Å². The minimum absolute atomic E-state index is 0.102. The van der Waals surface area contributed by atoms with Crippen LogP contribution in [0.3, 0.4) is 0 Å². The number of hydrogen-bond acceptors (Lipinski definition) is 3. The highest BCUT2D eigenvalue weighted by Crippen LogP contribution is 2.20. The van der Waals surface area contributed by atoms with E-state index < -0.39 is 10.0 Å². The second-order valence-corrected chi connectivity index (χ2v) is 6.51. The molecule has 0 saturated heterocycles. The van der Waals surface area contributed by atoms with Gasteiger partial charge in [-0.1, -0.05) is 49.4 Å². The summed E-state index contributed by atoms with van der Waals surface area (Å²) in [6, 6.07) is 15.5. The van der Waals surface area contributed by atoms with Crippen LogP contribution in [0.4, 0.5) is 0 Å². The van der Waals surface area contributed by atoms with Gasteiger partial charge in [0.1, 0.15) is 0 Å².